The van der Waals surface area contributed by atoms with Crippen LogP contribution in [0.25, 0.3) is 0 Å². The maximum atomic E-state index is 11.7. The first-order valence-electron chi connectivity index (χ1n) is 6.01. The van der Waals surface area contributed by atoms with Crippen LogP contribution in [0.15, 0.2) is 18.2 Å². The summed E-state index contributed by atoms with van der Waals surface area (Å²) in [6.45, 7) is 4.06. The first-order chi connectivity index (χ1) is 8.58. The summed E-state index contributed by atoms with van der Waals surface area (Å²) in [6.07, 6.45) is 1.94. The normalized spacial score (nSPS) is 9.72. The van der Waals surface area contributed by atoms with Crippen molar-refractivity contribution in [1.29, 1.82) is 5.41 Å². The molecule has 0 fully saturated rings. The van der Waals surface area contributed by atoms with Gasteiger partial charge in [-0.15, -0.1) is 0 Å². The Hall–Kier alpha value is -2.04. The highest BCUT2D eigenvalue weighted by Gasteiger charge is 2.09. The molecule has 1 aromatic carbocycles. The average Bonchev–Trinajstić information content (AvgIpc) is 2.33. The van der Waals surface area contributed by atoms with Crippen molar-refractivity contribution >= 4 is 17.7 Å². The van der Waals surface area contributed by atoms with Crippen molar-refractivity contribution in [2.75, 3.05) is 12.4 Å². The zero-order valence-corrected chi connectivity index (χ0v) is 11.1. The van der Waals surface area contributed by atoms with Gasteiger partial charge in [0.2, 0.25) is 0 Å². The molecule has 98 valence electrons. The van der Waals surface area contributed by atoms with Crippen LogP contribution in [0.1, 0.15) is 24.5 Å². The zero-order valence-electron chi connectivity index (χ0n) is 11.1. The summed E-state index contributed by atoms with van der Waals surface area (Å²) >= 11 is 0. The fourth-order valence-electron chi connectivity index (χ4n) is 1.71. The van der Waals surface area contributed by atoms with Crippen LogP contribution in [0, 0.1) is 12.3 Å². The van der Waals surface area contributed by atoms with Gasteiger partial charge in [0, 0.05) is 12.7 Å². The molecule has 0 saturated heterocycles. The van der Waals surface area contributed by atoms with Crippen molar-refractivity contribution in [3.63, 3.8) is 0 Å². The van der Waals surface area contributed by atoms with Crippen LogP contribution in [0.4, 0.5) is 10.5 Å². The highest BCUT2D eigenvalue weighted by Crippen LogP contribution is 2.21. The number of hydrogen-bond acceptors (Lipinski definition) is 2. The molecule has 2 amide bonds. The number of benzene rings is 1. The molecule has 1 rings (SSSR count). The van der Waals surface area contributed by atoms with E-state index in [1.807, 2.05) is 25.1 Å². The van der Waals surface area contributed by atoms with Gasteiger partial charge in [-0.3, -0.25) is 10.7 Å². The molecule has 5 nitrogen and oxygen atoms in total. The monoisotopic (exact) mass is 248 g/mol. The molecule has 4 N–H and O–H groups in total. The zero-order chi connectivity index (χ0) is 13.5. The van der Waals surface area contributed by atoms with E-state index < -0.39 is 6.03 Å². The predicted octanol–water partition coefficient (Wildman–Crippen LogP) is 2.22. The third-order valence-electron chi connectivity index (χ3n) is 2.61. The van der Waals surface area contributed by atoms with Crippen LogP contribution in [0.5, 0.6) is 0 Å². The van der Waals surface area contributed by atoms with Gasteiger partial charge in [0.15, 0.2) is 5.96 Å². The Kier molecular flexibility index (Phi) is 5.17. The van der Waals surface area contributed by atoms with Gasteiger partial charge in [0.05, 0.1) is 0 Å². The molecule has 0 unspecified atom stereocenters. The van der Waals surface area contributed by atoms with Crippen molar-refractivity contribution in [2.24, 2.45) is 0 Å². The number of para-hydroxylation sites is 1. The Morgan fingerprint density at radius 1 is 1.39 bits per heavy atom. The Morgan fingerprint density at radius 3 is 2.72 bits per heavy atom. The topological polar surface area (TPSA) is 77.0 Å². The third-order valence-corrected chi connectivity index (χ3v) is 2.61. The van der Waals surface area contributed by atoms with Gasteiger partial charge in [-0.25, -0.2) is 4.79 Å². The van der Waals surface area contributed by atoms with Crippen LogP contribution in [-0.4, -0.2) is 19.0 Å². The number of anilines is 1. The first kappa shape index (κ1) is 14.0. The average molecular weight is 248 g/mol. The number of carbonyl (C=O) groups is 1. The van der Waals surface area contributed by atoms with E-state index >= 15 is 0 Å². The number of carbonyl (C=O) groups excluding carboxylic acids is 1. The second-order valence-corrected chi connectivity index (χ2v) is 4.06. The first-order valence-corrected chi connectivity index (χ1v) is 6.01. The Morgan fingerprint density at radius 2 is 2.11 bits per heavy atom. The lowest BCUT2D eigenvalue weighted by Crippen LogP contribution is -2.40. The van der Waals surface area contributed by atoms with Crippen molar-refractivity contribution < 1.29 is 4.79 Å². The van der Waals surface area contributed by atoms with Gasteiger partial charge < -0.3 is 10.6 Å². The molecule has 0 saturated carbocycles. The molecule has 0 radical (unpaired) electrons. The van der Waals surface area contributed by atoms with Gasteiger partial charge in [-0.2, -0.15) is 0 Å². The molecular weight excluding hydrogens is 228 g/mol. The van der Waals surface area contributed by atoms with E-state index in [0.717, 1.165) is 29.7 Å². The van der Waals surface area contributed by atoms with Gasteiger partial charge in [-0.1, -0.05) is 31.5 Å². The lowest BCUT2D eigenvalue weighted by atomic mass is 10.0. The molecule has 1 aromatic rings. The Balaban J connectivity index is 2.82. The fourth-order valence-corrected chi connectivity index (χ4v) is 1.71. The largest absolute Gasteiger partial charge is 0.359 e. The van der Waals surface area contributed by atoms with E-state index in [1.165, 1.54) is 0 Å². The van der Waals surface area contributed by atoms with E-state index in [1.54, 1.807) is 7.05 Å². The molecule has 0 aromatic heterocycles. The number of guanidine groups is 1. The van der Waals surface area contributed by atoms with E-state index in [9.17, 15) is 4.79 Å². The standard InChI is InChI=1S/C13H20N4O/c1-4-6-10-8-5-7-9(2)11(10)16-13(18)17-12(14)15-3/h5,7-8H,4,6H2,1-3H3,(H4,14,15,16,17,18). The maximum absolute atomic E-state index is 11.7. The predicted molar refractivity (Wildman–Crippen MR) is 74.1 cm³/mol. The van der Waals surface area contributed by atoms with E-state index in [0.29, 0.717) is 0 Å². The number of amides is 2. The quantitative estimate of drug-likeness (QED) is 0.489. The molecule has 0 spiro atoms. The number of urea groups is 1. The Labute approximate surface area is 107 Å². The Bertz CT molecular complexity index is 443. The molecule has 5 heteroatoms. The summed E-state index contributed by atoms with van der Waals surface area (Å²) in [4.78, 5) is 11.7. The van der Waals surface area contributed by atoms with Crippen molar-refractivity contribution in [3.8, 4) is 0 Å². The van der Waals surface area contributed by atoms with Crippen LogP contribution < -0.4 is 16.0 Å². The molecule has 0 aliphatic heterocycles. The molecular formula is C13H20N4O. The molecule has 0 bridgehead atoms. The molecule has 0 atom stereocenters. The van der Waals surface area contributed by atoms with E-state index in [-0.39, 0.29) is 5.96 Å². The highest BCUT2D eigenvalue weighted by atomic mass is 16.2. The number of rotatable bonds is 3. The van der Waals surface area contributed by atoms with Crippen LogP contribution in [-0.2, 0) is 6.42 Å². The van der Waals surface area contributed by atoms with Gasteiger partial charge in [0.1, 0.15) is 0 Å². The summed E-state index contributed by atoms with van der Waals surface area (Å²) in [6, 6.07) is 5.55. The third kappa shape index (κ3) is 3.76. The lowest BCUT2D eigenvalue weighted by molar-refractivity contribution is 0.256. The molecule has 0 heterocycles. The molecule has 18 heavy (non-hydrogen) atoms. The van der Waals surface area contributed by atoms with Gasteiger partial charge in [0.25, 0.3) is 0 Å². The number of hydrogen-bond donors (Lipinski definition) is 4. The summed E-state index contributed by atoms with van der Waals surface area (Å²) in [5.41, 5.74) is 2.97. The minimum Gasteiger partial charge on any atom is -0.359 e. The summed E-state index contributed by atoms with van der Waals surface area (Å²) in [5, 5.41) is 15.1. The highest BCUT2D eigenvalue weighted by molar-refractivity contribution is 6.01. The van der Waals surface area contributed by atoms with Crippen LogP contribution >= 0.6 is 0 Å². The van der Waals surface area contributed by atoms with Crippen molar-refractivity contribution in [2.45, 2.75) is 26.7 Å². The maximum Gasteiger partial charge on any atom is 0.326 e. The van der Waals surface area contributed by atoms with E-state index in [2.05, 4.69) is 22.9 Å². The summed E-state index contributed by atoms with van der Waals surface area (Å²) in [7, 11) is 1.58. The molecule has 0 aliphatic rings. The second kappa shape index (κ2) is 6.64. The van der Waals surface area contributed by atoms with Gasteiger partial charge >= 0.3 is 6.03 Å². The van der Waals surface area contributed by atoms with Crippen LogP contribution in [0.2, 0.25) is 0 Å². The van der Waals surface area contributed by atoms with Crippen LogP contribution in [0.3, 0.4) is 0 Å². The number of aryl methyl sites for hydroxylation is 2. The number of nitrogens with one attached hydrogen (secondary N) is 4. The SMILES string of the molecule is CCCc1cccc(C)c1NC(=O)NC(=N)NC. The van der Waals surface area contributed by atoms with Crippen molar-refractivity contribution in [3.05, 3.63) is 29.3 Å². The summed E-state index contributed by atoms with van der Waals surface area (Å²) in [5.74, 6) is -0.0295. The van der Waals surface area contributed by atoms with Crippen molar-refractivity contribution in [1.82, 2.24) is 10.6 Å². The smallest absolute Gasteiger partial charge is 0.326 e. The minimum absolute atomic E-state index is 0.0295. The lowest BCUT2D eigenvalue weighted by Gasteiger charge is -2.14. The van der Waals surface area contributed by atoms with E-state index in [4.69, 9.17) is 5.41 Å². The molecule has 0 aliphatic carbocycles. The summed E-state index contributed by atoms with van der Waals surface area (Å²) < 4.78 is 0. The second-order valence-electron chi connectivity index (χ2n) is 4.06. The minimum atomic E-state index is -0.402. The fraction of sp³-hybridized carbons (Fsp3) is 0.385. The van der Waals surface area contributed by atoms with Gasteiger partial charge in [-0.05, 0) is 24.5 Å².